The second-order valence-electron chi connectivity index (χ2n) is 3.41. The zero-order valence-electron chi connectivity index (χ0n) is 8.62. The number of nitrogens with one attached hydrogen (secondary N) is 1. The molecule has 2 aromatic rings. The number of rotatable bonds is 1. The van der Waals surface area contributed by atoms with E-state index in [0.717, 1.165) is 10.7 Å². The molecular weight excluding hydrogens is 333 g/mol. The zero-order valence-corrected chi connectivity index (χ0v) is 11.0. The fourth-order valence-corrected chi connectivity index (χ4v) is 1.93. The first-order valence-corrected chi connectivity index (χ1v) is 5.80. The Hall–Kier alpha value is -1.35. The van der Waals surface area contributed by atoms with Crippen molar-refractivity contribution >= 4 is 28.1 Å². The van der Waals surface area contributed by atoms with Crippen LogP contribution < -0.4 is 5.84 Å². The van der Waals surface area contributed by atoms with Gasteiger partial charge in [0.05, 0.1) is 5.56 Å². The van der Waals surface area contributed by atoms with Gasteiger partial charge in [0, 0.05) is 10.0 Å². The molecule has 0 aliphatic carbocycles. The average molecular weight is 339 g/mol. The minimum atomic E-state index is -4.51. The molecule has 0 spiro atoms. The Morgan fingerprint density at radius 1 is 1.39 bits per heavy atom. The fourth-order valence-electron chi connectivity index (χ4n) is 1.44. The van der Waals surface area contributed by atoms with Crippen molar-refractivity contribution in [3.8, 4) is 11.4 Å². The molecule has 0 fully saturated rings. The van der Waals surface area contributed by atoms with Crippen LogP contribution in [0.2, 0.25) is 0 Å². The van der Waals surface area contributed by atoms with Gasteiger partial charge in [-0.15, -0.1) is 0 Å². The molecule has 2 rings (SSSR count). The van der Waals surface area contributed by atoms with E-state index in [1.165, 1.54) is 12.1 Å². The molecule has 0 radical (unpaired) electrons. The smallest absolute Gasteiger partial charge is 0.335 e. The summed E-state index contributed by atoms with van der Waals surface area (Å²) in [6, 6.07) is 3.72. The topological polar surface area (TPSA) is 59.6 Å². The predicted octanol–water partition coefficient (Wildman–Crippen LogP) is 3.10. The monoisotopic (exact) mass is 338 g/mol. The van der Waals surface area contributed by atoms with Crippen molar-refractivity contribution < 1.29 is 13.2 Å². The van der Waals surface area contributed by atoms with Crippen LogP contribution in [0.15, 0.2) is 22.7 Å². The Labute approximate surface area is 113 Å². The Morgan fingerprint density at radius 2 is 2.06 bits per heavy atom. The summed E-state index contributed by atoms with van der Waals surface area (Å²) in [5, 5.41) is 6.04. The Balaban J connectivity index is 2.72. The molecule has 4 nitrogen and oxygen atoms in total. The third kappa shape index (κ3) is 2.27. The first kappa shape index (κ1) is 13.1. The number of nitrogens with two attached hydrogens (primary N) is 1. The first-order valence-electron chi connectivity index (χ1n) is 4.60. The summed E-state index contributed by atoms with van der Waals surface area (Å²) in [6.45, 7) is 0. The zero-order chi connectivity index (χ0) is 13.5. The van der Waals surface area contributed by atoms with Gasteiger partial charge in [-0.1, -0.05) is 15.9 Å². The van der Waals surface area contributed by atoms with E-state index in [4.69, 9.17) is 18.1 Å². The van der Waals surface area contributed by atoms with Gasteiger partial charge < -0.3 is 5.84 Å². The van der Waals surface area contributed by atoms with Gasteiger partial charge in [-0.05, 0) is 30.4 Å². The lowest BCUT2D eigenvalue weighted by atomic mass is 10.1. The number of alkyl halides is 3. The highest BCUT2D eigenvalue weighted by Crippen LogP contribution is 2.37. The van der Waals surface area contributed by atoms with E-state index < -0.39 is 11.7 Å². The van der Waals surface area contributed by atoms with Crippen molar-refractivity contribution in [2.45, 2.75) is 6.18 Å². The van der Waals surface area contributed by atoms with E-state index in [2.05, 4.69) is 26.1 Å². The van der Waals surface area contributed by atoms with E-state index in [-0.39, 0.29) is 16.2 Å². The molecule has 1 heterocycles. The number of nitrogen functional groups attached to an aromatic ring is 1. The van der Waals surface area contributed by atoms with Crippen LogP contribution >= 0.6 is 28.1 Å². The molecule has 96 valence electrons. The molecule has 0 saturated heterocycles. The van der Waals surface area contributed by atoms with E-state index in [9.17, 15) is 13.2 Å². The summed E-state index contributed by atoms with van der Waals surface area (Å²) in [5.74, 6) is 5.45. The quantitative estimate of drug-likeness (QED) is 0.620. The van der Waals surface area contributed by atoms with Crippen LogP contribution in [0, 0.1) is 4.77 Å². The van der Waals surface area contributed by atoms with Gasteiger partial charge in [-0.3, -0.25) is 0 Å². The number of halogens is 4. The molecule has 0 bridgehead atoms. The first-order chi connectivity index (χ1) is 8.30. The molecule has 3 N–H and O–H groups in total. The van der Waals surface area contributed by atoms with Gasteiger partial charge in [-0.2, -0.15) is 18.3 Å². The van der Waals surface area contributed by atoms with Gasteiger partial charge >= 0.3 is 6.18 Å². The Kier molecular flexibility index (Phi) is 3.20. The van der Waals surface area contributed by atoms with Crippen LogP contribution in [-0.4, -0.2) is 14.9 Å². The maximum Gasteiger partial charge on any atom is 0.417 e. The maximum atomic E-state index is 12.9. The highest BCUT2D eigenvalue weighted by Gasteiger charge is 2.35. The van der Waals surface area contributed by atoms with Crippen molar-refractivity contribution in [1.82, 2.24) is 14.9 Å². The maximum absolute atomic E-state index is 12.9. The molecule has 1 aromatic carbocycles. The second kappa shape index (κ2) is 4.39. The van der Waals surface area contributed by atoms with Crippen molar-refractivity contribution in [2.24, 2.45) is 0 Å². The third-order valence-electron chi connectivity index (χ3n) is 2.23. The van der Waals surface area contributed by atoms with Crippen LogP contribution in [0.1, 0.15) is 5.56 Å². The number of nitrogens with zero attached hydrogens (tertiary/aromatic N) is 2. The molecule has 0 atom stereocenters. The van der Waals surface area contributed by atoms with Crippen molar-refractivity contribution in [3.63, 3.8) is 0 Å². The number of aromatic nitrogens is 3. The lowest BCUT2D eigenvalue weighted by Gasteiger charge is -2.12. The lowest BCUT2D eigenvalue weighted by molar-refractivity contribution is -0.137. The van der Waals surface area contributed by atoms with Crippen LogP contribution in [0.25, 0.3) is 11.4 Å². The highest BCUT2D eigenvalue weighted by molar-refractivity contribution is 9.10. The molecule has 9 heteroatoms. The predicted molar refractivity (Wildman–Crippen MR) is 65.7 cm³/mol. The van der Waals surface area contributed by atoms with E-state index in [0.29, 0.717) is 4.47 Å². The van der Waals surface area contributed by atoms with E-state index in [1.54, 1.807) is 0 Å². The number of benzene rings is 1. The standard InChI is InChI=1S/C9H6BrF3N4S/c10-4-1-2-5(6(3-4)9(11,12)13)7-15-16-8(18)17(7)14/h1-3H,14H2,(H,16,18). The summed E-state index contributed by atoms with van der Waals surface area (Å²) in [7, 11) is 0. The Morgan fingerprint density at radius 3 is 2.56 bits per heavy atom. The number of aromatic amines is 1. The van der Waals surface area contributed by atoms with Gasteiger partial charge in [0.2, 0.25) is 4.77 Å². The van der Waals surface area contributed by atoms with Crippen LogP contribution in [-0.2, 0) is 6.18 Å². The van der Waals surface area contributed by atoms with Gasteiger partial charge in [0.15, 0.2) is 5.82 Å². The molecule has 0 amide bonds. The summed E-state index contributed by atoms with van der Waals surface area (Å²) in [6.07, 6.45) is -4.51. The number of H-pyrrole nitrogens is 1. The van der Waals surface area contributed by atoms with Crippen molar-refractivity contribution in [1.29, 1.82) is 0 Å². The SMILES string of the molecule is Nn1c(-c2ccc(Br)cc2C(F)(F)F)n[nH]c1=S. The number of hydrogen-bond donors (Lipinski definition) is 2. The minimum absolute atomic E-state index is 0.0426. The van der Waals surface area contributed by atoms with Crippen molar-refractivity contribution in [3.05, 3.63) is 33.0 Å². The molecule has 18 heavy (non-hydrogen) atoms. The minimum Gasteiger partial charge on any atom is -0.335 e. The molecule has 0 unspecified atom stereocenters. The molecular formula is C9H6BrF3N4S. The van der Waals surface area contributed by atoms with Crippen molar-refractivity contribution in [2.75, 3.05) is 5.84 Å². The number of hydrogen-bond acceptors (Lipinski definition) is 3. The Bertz CT molecular complexity index is 646. The van der Waals surface area contributed by atoms with Gasteiger partial charge in [0.1, 0.15) is 0 Å². The normalized spacial score (nSPS) is 11.8. The lowest BCUT2D eigenvalue weighted by Crippen LogP contribution is -2.13. The summed E-state index contributed by atoms with van der Waals surface area (Å²) >= 11 is 7.76. The largest absolute Gasteiger partial charge is 0.417 e. The second-order valence-corrected chi connectivity index (χ2v) is 4.71. The van der Waals surface area contributed by atoms with Gasteiger partial charge in [0.25, 0.3) is 0 Å². The summed E-state index contributed by atoms with van der Waals surface area (Å²) < 4.78 is 40.0. The molecule has 0 saturated carbocycles. The van der Waals surface area contributed by atoms with Gasteiger partial charge in [-0.25, -0.2) is 9.77 Å². The molecule has 0 aliphatic heterocycles. The molecule has 0 aliphatic rings. The third-order valence-corrected chi connectivity index (χ3v) is 3.01. The fraction of sp³-hybridized carbons (Fsp3) is 0.111. The van der Waals surface area contributed by atoms with E-state index in [1.807, 2.05) is 0 Å². The highest BCUT2D eigenvalue weighted by atomic mass is 79.9. The summed E-state index contributed by atoms with van der Waals surface area (Å²) in [5.41, 5.74) is -0.974. The molecule has 1 aromatic heterocycles. The van der Waals surface area contributed by atoms with E-state index >= 15 is 0 Å². The van der Waals surface area contributed by atoms with Crippen LogP contribution in [0.5, 0.6) is 0 Å². The average Bonchev–Trinajstić information content (AvgIpc) is 2.59. The summed E-state index contributed by atoms with van der Waals surface area (Å²) in [4.78, 5) is 0. The van der Waals surface area contributed by atoms with Crippen LogP contribution in [0.3, 0.4) is 0 Å². The van der Waals surface area contributed by atoms with Crippen LogP contribution in [0.4, 0.5) is 13.2 Å².